The molecule has 308 valence electrons. The standard InChI is InChI=1S/C47H44N8O5S/c1-51(47(56)52(2)45(35-16-8-4-9-17-35)36-18-10-5-11-19-36)43-25-23-39(31-44(43)55(57)58)61(59,60)50-46-41-24-22-38(30-42(41)48-33-49-46)54-28-26-53(27-29-54)32-37-20-12-13-21-40(37)34-14-6-3-7-15-34/h3-25,30-31,33,45H,26-29,32H2,1-2H3,(H,48,49,50). The maximum Gasteiger partial charge on any atom is 0.324 e. The van der Waals surface area contributed by atoms with Crippen LogP contribution in [-0.4, -0.2) is 79.4 Å². The first-order chi connectivity index (χ1) is 29.6. The number of nitro groups is 1. The van der Waals surface area contributed by atoms with E-state index in [-0.39, 0.29) is 16.4 Å². The number of carbonyl (C=O) groups excluding carboxylic acids is 1. The molecule has 0 radical (unpaired) electrons. The molecule has 6 aromatic carbocycles. The van der Waals surface area contributed by atoms with Crippen molar-refractivity contribution >= 4 is 49.8 Å². The molecule has 2 amide bonds. The van der Waals surface area contributed by atoms with Crippen LogP contribution in [0.3, 0.4) is 0 Å². The highest BCUT2D eigenvalue weighted by atomic mass is 32.2. The number of piperazine rings is 1. The lowest BCUT2D eigenvalue weighted by atomic mass is 9.97. The molecule has 1 aliphatic heterocycles. The molecule has 1 aromatic heterocycles. The van der Waals surface area contributed by atoms with Gasteiger partial charge in [-0.15, -0.1) is 0 Å². The van der Waals surface area contributed by atoms with Crippen LogP contribution >= 0.6 is 0 Å². The summed E-state index contributed by atoms with van der Waals surface area (Å²) in [5.74, 6) is 0.0342. The Morgan fingerprint density at radius 2 is 1.39 bits per heavy atom. The highest BCUT2D eigenvalue weighted by molar-refractivity contribution is 7.92. The topological polar surface area (TPSA) is 145 Å². The van der Waals surface area contributed by atoms with E-state index in [0.29, 0.717) is 10.9 Å². The maximum absolute atomic E-state index is 14.0. The molecule has 13 nitrogen and oxygen atoms in total. The predicted molar refractivity (Wildman–Crippen MR) is 239 cm³/mol. The molecule has 0 spiro atoms. The average molecular weight is 833 g/mol. The van der Waals surface area contributed by atoms with Crippen molar-refractivity contribution in [2.45, 2.75) is 17.5 Å². The van der Waals surface area contributed by atoms with E-state index >= 15 is 0 Å². The van der Waals surface area contributed by atoms with Gasteiger partial charge in [0.15, 0.2) is 5.82 Å². The third kappa shape index (κ3) is 8.76. The number of carbonyl (C=O) groups is 1. The van der Waals surface area contributed by atoms with E-state index in [2.05, 4.69) is 73.0 Å². The number of rotatable bonds is 12. The molecule has 0 aliphatic carbocycles. The molecule has 1 fully saturated rings. The Balaban J connectivity index is 0.968. The lowest BCUT2D eigenvalue weighted by Crippen LogP contribution is -2.46. The summed E-state index contributed by atoms with van der Waals surface area (Å²) in [7, 11) is -1.33. The van der Waals surface area contributed by atoms with Gasteiger partial charge in [0, 0.05) is 64.0 Å². The Morgan fingerprint density at radius 3 is 2.05 bits per heavy atom. The zero-order valence-corrected chi connectivity index (χ0v) is 34.5. The van der Waals surface area contributed by atoms with Crippen LogP contribution in [-0.2, 0) is 16.6 Å². The van der Waals surface area contributed by atoms with Crippen LogP contribution in [0.25, 0.3) is 22.0 Å². The molecule has 0 atom stereocenters. The third-order valence-electron chi connectivity index (χ3n) is 11.1. The fourth-order valence-corrected chi connectivity index (χ4v) is 8.98. The third-order valence-corrected chi connectivity index (χ3v) is 12.4. The van der Waals surface area contributed by atoms with Crippen molar-refractivity contribution in [3.05, 3.63) is 185 Å². The van der Waals surface area contributed by atoms with Crippen LogP contribution in [0.2, 0.25) is 0 Å². The molecule has 1 aliphatic rings. The first kappa shape index (κ1) is 40.6. The number of hydrogen-bond acceptors (Lipinski definition) is 9. The summed E-state index contributed by atoms with van der Waals surface area (Å²) in [6, 6.07) is 45.9. The van der Waals surface area contributed by atoms with Gasteiger partial charge in [0.05, 0.1) is 21.4 Å². The van der Waals surface area contributed by atoms with Gasteiger partial charge in [-0.3, -0.25) is 24.6 Å². The smallest absolute Gasteiger partial charge is 0.324 e. The molecule has 1 N–H and O–H groups in total. The number of urea groups is 1. The van der Waals surface area contributed by atoms with Crippen molar-refractivity contribution < 1.29 is 18.1 Å². The fraction of sp³-hybridized carbons (Fsp3) is 0.170. The van der Waals surface area contributed by atoms with Crippen molar-refractivity contribution in [3.8, 4) is 11.1 Å². The molecule has 0 unspecified atom stereocenters. The van der Waals surface area contributed by atoms with Crippen molar-refractivity contribution in [1.29, 1.82) is 0 Å². The summed E-state index contributed by atoms with van der Waals surface area (Å²) in [5, 5.41) is 12.9. The molecular formula is C47H44N8O5S. The number of anilines is 3. The van der Waals surface area contributed by atoms with Crippen molar-refractivity contribution in [2.24, 2.45) is 0 Å². The molecule has 0 saturated carbocycles. The van der Waals surface area contributed by atoms with Gasteiger partial charge in [0.2, 0.25) is 0 Å². The quantitative estimate of drug-likeness (QED) is 0.0945. The predicted octanol–water partition coefficient (Wildman–Crippen LogP) is 8.61. The van der Waals surface area contributed by atoms with E-state index in [1.165, 1.54) is 47.1 Å². The summed E-state index contributed by atoms with van der Waals surface area (Å²) in [5.41, 5.74) is 6.30. The van der Waals surface area contributed by atoms with Gasteiger partial charge in [0.1, 0.15) is 12.0 Å². The minimum Gasteiger partial charge on any atom is -0.369 e. The number of fused-ring (bicyclic) bond motifs is 1. The lowest BCUT2D eigenvalue weighted by Gasteiger charge is -2.36. The van der Waals surface area contributed by atoms with E-state index < -0.39 is 32.7 Å². The van der Waals surface area contributed by atoms with E-state index in [0.717, 1.165) is 60.5 Å². The van der Waals surface area contributed by atoms with Gasteiger partial charge in [0.25, 0.3) is 15.7 Å². The van der Waals surface area contributed by atoms with Crippen LogP contribution in [0, 0.1) is 10.1 Å². The Hall–Kier alpha value is -7.16. The molecule has 8 rings (SSSR count). The van der Waals surface area contributed by atoms with Crippen molar-refractivity contribution in [1.82, 2.24) is 19.8 Å². The number of benzene rings is 6. The first-order valence-corrected chi connectivity index (χ1v) is 21.3. The van der Waals surface area contributed by atoms with Crippen LogP contribution in [0.5, 0.6) is 0 Å². The van der Waals surface area contributed by atoms with Crippen molar-refractivity contribution in [3.63, 3.8) is 0 Å². The minimum absolute atomic E-state index is 0.0342. The van der Waals surface area contributed by atoms with Crippen LogP contribution in [0.4, 0.5) is 27.7 Å². The SMILES string of the molecule is CN(C(=O)N(C)C(c1ccccc1)c1ccccc1)c1ccc(S(=O)(=O)Nc2ncnc3cc(N4CCN(Cc5ccccc5-c5ccccc5)CC4)ccc23)cc1[N+](=O)[O-]. The van der Waals surface area contributed by atoms with Gasteiger partial charge in [-0.2, -0.15) is 0 Å². The van der Waals surface area contributed by atoms with Gasteiger partial charge < -0.3 is 9.80 Å². The molecule has 14 heteroatoms. The number of nitrogens with zero attached hydrogens (tertiary/aromatic N) is 7. The van der Waals surface area contributed by atoms with E-state index in [1.807, 2.05) is 78.9 Å². The Labute approximate surface area is 354 Å². The molecule has 0 bridgehead atoms. The van der Waals surface area contributed by atoms with Gasteiger partial charge in [-0.25, -0.2) is 23.2 Å². The molecule has 7 aromatic rings. The van der Waals surface area contributed by atoms with Crippen LogP contribution in [0.1, 0.15) is 22.7 Å². The summed E-state index contributed by atoms with van der Waals surface area (Å²) < 4.78 is 30.2. The van der Waals surface area contributed by atoms with Gasteiger partial charge in [-0.05, 0) is 58.1 Å². The minimum atomic E-state index is -4.38. The van der Waals surface area contributed by atoms with Gasteiger partial charge >= 0.3 is 6.03 Å². The van der Waals surface area contributed by atoms with E-state index in [4.69, 9.17) is 0 Å². The maximum atomic E-state index is 14.0. The first-order valence-electron chi connectivity index (χ1n) is 19.8. The lowest BCUT2D eigenvalue weighted by molar-refractivity contribution is -0.384. The monoisotopic (exact) mass is 832 g/mol. The molecule has 1 saturated heterocycles. The highest BCUT2D eigenvalue weighted by Gasteiger charge is 2.31. The Bertz CT molecular complexity index is 2750. The van der Waals surface area contributed by atoms with Gasteiger partial charge in [-0.1, -0.05) is 115 Å². The number of hydrogen-bond donors (Lipinski definition) is 1. The average Bonchev–Trinajstić information content (AvgIpc) is 3.29. The molecule has 61 heavy (non-hydrogen) atoms. The van der Waals surface area contributed by atoms with E-state index in [9.17, 15) is 23.3 Å². The largest absolute Gasteiger partial charge is 0.369 e. The fourth-order valence-electron chi connectivity index (χ4n) is 7.93. The number of amides is 2. The van der Waals surface area contributed by atoms with Crippen molar-refractivity contribution in [2.75, 3.05) is 54.8 Å². The zero-order chi connectivity index (χ0) is 42.5. The summed E-state index contributed by atoms with van der Waals surface area (Å²) >= 11 is 0. The van der Waals surface area contributed by atoms with Crippen LogP contribution < -0.4 is 14.5 Å². The number of nitro benzene ring substituents is 1. The normalized spacial score (nSPS) is 13.3. The zero-order valence-electron chi connectivity index (χ0n) is 33.7. The van der Waals surface area contributed by atoms with Crippen LogP contribution in [0.15, 0.2) is 163 Å². The highest BCUT2D eigenvalue weighted by Crippen LogP contribution is 2.35. The second-order valence-corrected chi connectivity index (χ2v) is 16.6. The second kappa shape index (κ2) is 17.6. The second-order valence-electron chi connectivity index (χ2n) is 14.9. The summed E-state index contributed by atoms with van der Waals surface area (Å²) in [4.78, 5) is 41.5. The summed E-state index contributed by atoms with van der Waals surface area (Å²) in [6.07, 6.45) is 1.28. The Kier molecular flexibility index (Phi) is 11.7. The summed E-state index contributed by atoms with van der Waals surface area (Å²) in [6.45, 7) is 4.17. The Morgan fingerprint density at radius 1 is 0.770 bits per heavy atom. The number of sulfonamides is 1. The number of nitrogens with one attached hydrogen (secondary N) is 1. The molecular weight excluding hydrogens is 789 g/mol. The van der Waals surface area contributed by atoms with E-state index in [1.54, 1.807) is 13.1 Å². The number of aromatic nitrogens is 2. The molecule has 2 heterocycles.